The molecule has 0 saturated heterocycles. The van der Waals surface area contributed by atoms with Gasteiger partial charge in [-0.3, -0.25) is 0 Å². The van der Waals surface area contributed by atoms with Crippen LogP contribution in [0.15, 0.2) is 30.3 Å². The maximum Gasteiger partial charge on any atom is 0.210 e. The van der Waals surface area contributed by atoms with Gasteiger partial charge in [0.05, 0.1) is 5.75 Å². The molecule has 0 radical (unpaired) electrons. The summed E-state index contributed by atoms with van der Waals surface area (Å²) in [5.41, 5.74) is 0.989. The highest BCUT2D eigenvalue weighted by molar-refractivity contribution is 7.80. The zero-order valence-electron chi connectivity index (χ0n) is 6.40. The Morgan fingerprint density at radius 1 is 1.33 bits per heavy atom. The summed E-state index contributed by atoms with van der Waals surface area (Å²) in [5, 5.41) is 0. The molecule has 2 nitrogen and oxygen atoms in total. The van der Waals surface area contributed by atoms with Crippen molar-refractivity contribution in [1.29, 1.82) is 0 Å². The molecule has 0 aromatic heterocycles. The maximum atomic E-state index is 11.1. The van der Waals surface area contributed by atoms with Crippen LogP contribution in [0.25, 0.3) is 6.08 Å². The minimum Gasteiger partial charge on any atom is -0.400 e. The lowest BCUT2D eigenvalue weighted by Gasteiger charge is -2.02. The third-order valence-corrected chi connectivity index (χ3v) is 2.46. The molecule has 0 N–H and O–H groups in total. The smallest absolute Gasteiger partial charge is 0.210 e. The number of hydrogen-bond donors (Lipinski definition) is 0. The molecule has 0 saturated carbocycles. The second-order valence-electron chi connectivity index (χ2n) is 2.49. The van der Waals surface area contributed by atoms with Crippen molar-refractivity contribution in [3.8, 4) is 5.75 Å². The molecule has 1 atom stereocenters. The van der Waals surface area contributed by atoms with Crippen LogP contribution in [0, 0.1) is 0 Å². The Bertz CT molecular complexity index is 344. The van der Waals surface area contributed by atoms with Crippen LogP contribution < -0.4 is 4.18 Å². The first-order chi connectivity index (χ1) is 5.86. The van der Waals surface area contributed by atoms with Crippen molar-refractivity contribution < 1.29 is 8.39 Å². The second-order valence-corrected chi connectivity index (χ2v) is 3.60. The van der Waals surface area contributed by atoms with Crippen LogP contribution in [0.3, 0.4) is 0 Å². The SMILES string of the molecule is O=S1CC=Cc2ccccc2O1. The van der Waals surface area contributed by atoms with E-state index in [4.69, 9.17) is 4.18 Å². The Labute approximate surface area is 73.5 Å². The molecule has 1 heterocycles. The van der Waals surface area contributed by atoms with E-state index >= 15 is 0 Å². The van der Waals surface area contributed by atoms with E-state index in [-0.39, 0.29) is 0 Å². The zero-order valence-corrected chi connectivity index (χ0v) is 7.21. The highest BCUT2D eigenvalue weighted by Crippen LogP contribution is 2.22. The van der Waals surface area contributed by atoms with Crippen molar-refractivity contribution in [3.05, 3.63) is 35.9 Å². The van der Waals surface area contributed by atoms with E-state index in [0.717, 1.165) is 5.56 Å². The predicted molar refractivity (Wildman–Crippen MR) is 49.1 cm³/mol. The summed E-state index contributed by atoms with van der Waals surface area (Å²) in [6.07, 6.45) is 3.79. The third kappa shape index (κ3) is 1.41. The molecule has 0 bridgehead atoms. The lowest BCUT2D eigenvalue weighted by atomic mass is 10.2. The normalized spacial score (nSPS) is 20.8. The van der Waals surface area contributed by atoms with Crippen molar-refractivity contribution in [3.63, 3.8) is 0 Å². The molecule has 1 aliphatic heterocycles. The fraction of sp³-hybridized carbons (Fsp3) is 0.111. The first-order valence-corrected chi connectivity index (χ1v) is 4.93. The molecule has 1 aromatic rings. The first kappa shape index (κ1) is 7.55. The zero-order chi connectivity index (χ0) is 8.39. The van der Waals surface area contributed by atoms with Gasteiger partial charge in [0.1, 0.15) is 5.75 Å². The van der Waals surface area contributed by atoms with Crippen molar-refractivity contribution in [2.45, 2.75) is 0 Å². The standard InChI is InChI=1S/C9H8O2S/c10-12-7-3-5-8-4-1-2-6-9(8)11-12/h1-6H,7H2. The van der Waals surface area contributed by atoms with Gasteiger partial charge in [-0.25, -0.2) is 4.21 Å². The number of benzene rings is 1. The Morgan fingerprint density at radius 3 is 3.08 bits per heavy atom. The number of hydrogen-bond acceptors (Lipinski definition) is 2. The maximum absolute atomic E-state index is 11.1. The van der Waals surface area contributed by atoms with Crippen LogP contribution in [0.1, 0.15) is 5.56 Å². The van der Waals surface area contributed by atoms with Crippen LogP contribution in [-0.4, -0.2) is 9.96 Å². The van der Waals surface area contributed by atoms with Gasteiger partial charge in [0, 0.05) is 5.56 Å². The van der Waals surface area contributed by atoms with Crippen molar-refractivity contribution in [2.24, 2.45) is 0 Å². The summed E-state index contributed by atoms with van der Waals surface area (Å²) in [6, 6.07) is 7.56. The molecule has 0 fully saturated rings. The molecule has 1 aromatic carbocycles. The van der Waals surface area contributed by atoms with E-state index < -0.39 is 11.1 Å². The van der Waals surface area contributed by atoms with Gasteiger partial charge in [-0.05, 0) is 6.07 Å². The molecule has 1 aliphatic rings. The molecular formula is C9H8O2S. The molecule has 3 heteroatoms. The van der Waals surface area contributed by atoms with Crippen molar-refractivity contribution >= 4 is 17.2 Å². The van der Waals surface area contributed by atoms with E-state index in [1.54, 1.807) is 0 Å². The van der Waals surface area contributed by atoms with E-state index in [1.807, 2.05) is 36.4 Å². The highest BCUT2D eigenvalue weighted by Gasteiger charge is 2.07. The van der Waals surface area contributed by atoms with Gasteiger partial charge in [-0.1, -0.05) is 30.4 Å². The van der Waals surface area contributed by atoms with Gasteiger partial charge in [-0.2, -0.15) is 0 Å². The van der Waals surface area contributed by atoms with Gasteiger partial charge in [-0.15, -0.1) is 0 Å². The van der Waals surface area contributed by atoms with E-state index in [0.29, 0.717) is 11.5 Å². The van der Waals surface area contributed by atoms with Gasteiger partial charge in [0.15, 0.2) is 0 Å². The summed E-state index contributed by atoms with van der Waals surface area (Å²) in [6.45, 7) is 0. The Hall–Kier alpha value is -1.09. The van der Waals surface area contributed by atoms with Gasteiger partial charge < -0.3 is 4.18 Å². The topological polar surface area (TPSA) is 26.3 Å². The second kappa shape index (κ2) is 3.11. The molecule has 12 heavy (non-hydrogen) atoms. The molecule has 2 rings (SSSR count). The summed E-state index contributed by atoms with van der Waals surface area (Å²) < 4.78 is 16.2. The fourth-order valence-electron chi connectivity index (χ4n) is 1.08. The summed E-state index contributed by atoms with van der Waals surface area (Å²) in [7, 11) is 0. The quantitative estimate of drug-likeness (QED) is 0.608. The molecule has 62 valence electrons. The van der Waals surface area contributed by atoms with Crippen LogP contribution >= 0.6 is 0 Å². The predicted octanol–water partition coefficient (Wildman–Crippen LogP) is 1.76. The van der Waals surface area contributed by atoms with Gasteiger partial charge in [0.2, 0.25) is 11.1 Å². The number of rotatable bonds is 0. The lowest BCUT2D eigenvalue weighted by Crippen LogP contribution is -2.01. The Kier molecular flexibility index (Phi) is 1.96. The minimum atomic E-state index is -1.21. The molecule has 0 aliphatic carbocycles. The molecule has 0 amide bonds. The van der Waals surface area contributed by atoms with E-state index in [1.165, 1.54) is 0 Å². The summed E-state index contributed by atoms with van der Waals surface area (Å²) in [5.74, 6) is 1.17. The third-order valence-electron chi connectivity index (χ3n) is 1.63. The average Bonchev–Trinajstić information content (AvgIpc) is 2.25. The van der Waals surface area contributed by atoms with E-state index in [2.05, 4.69) is 0 Å². The van der Waals surface area contributed by atoms with Crippen LogP contribution in [-0.2, 0) is 11.1 Å². The summed E-state index contributed by atoms with van der Waals surface area (Å²) >= 11 is -1.21. The average molecular weight is 180 g/mol. The monoisotopic (exact) mass is 180 g/mol. The molecule has 0 spiro atoms. The van der Waals surface area contributed by atoms with Crippen molar-refractivity contribution in [1.82, 2.24) is 0 Å². The highest BCUT2D eigenvalue weighted by atomic mass is 32.2. The fourth-order valence-corrected chi connectivity index (χ4v) is 1.76. The van der Waals surface area contributed by atoms with Crippen molar-refractivity contribution in [2.75, 3.05) is 5.75 Å². The largest absolute Gasteiger partial charge is 0.400 e. The van der Waals surface area contributed by atoms with Crippen LogP contribution in [0.5, 0.6) is 5.75 Å². The van der Waals surface area contributed by atoms with Crippen LogP contribution in [0.2, 0.25) is 0 Å². The number of para-hydroxylation sites is 1. The van der Waals surface area contributed by atoms with Gasteiger partial charge in [0.25, 0.3) is 0 Å². The summed E-state index contributed by atoms with van der Waals surface area (Å²) in [4.78, 5) is 0. The molecule has 1 unspecified atom stereocenters. The first-order valence-electron chi connectivity index (χ1n) is 3.68. The molecular weight excluding hydrogens is 172 g/mol. The number of fused-ring (bicyclic) bond motifs is 1. The Morgan fingerprint density at radius 2 is 2.17 bits per heavy atom. The van der Waals surface area contributed by atoms with Gasteiger partial charge >= 0.3 is 0 Å². The van der Waals surface area contributed by atoms with E-state index in [9.17, 15) is 4.21 Å². The Balaban J connectivity index is 2.48. The van der Waals surface area contributed by atoms with Crippen LogP contribution in [0.4, 0.5) is 0 Å². The lowest BCUT2D eigenvalue weighted by molar-refractivity contribution is 0.565. The minimum absolute atomic E-state index is 0.467.